The van der Waals surface area contributed by atoms with Crippen LogP contribution in [0.25, 0.3) is 22.5 Å². The van der Waals surface area contributed by atoms with Crippen LogP contribution < -0.4 is 0 Å². The highest BCUT2D eigenvalue weighted by Crippen LogP contribution is 2.30. The molecule has 3 aromatic rings. The zero-order valence-corrected chi connectivity index (χ0v) is 13.1. The van der Waals surface area contributed by atoms with Gasteiger partial charge >= 0.3 is 0 Å². The van der Waals surface area contributed by atoms with Crippen LogP contribution in [0.5, 0.6) is 0 Å². The Balaban J connectivity index is 1.81. The molecule has 1 heterocycles. The van der Waals surface area contributed by atoms with Crippen LogP contribution in [0.2, 0.25) is 0 Å². The van der Waals surface area contributed by atoms with Crippen LogP contribution in [-0.2, 0) is 12.8 Å². The molecule has 0 saturated heterocycles. The van der Waals surface area contributed by atoms with Crippen molar-refractivity contribution in [3.8, 4) is 22.5 Å². The van der Waals surface area contributed by atoms with Gasteiger partial charge in [0, 0.05) is 5.56 Å². The molecular weight excluding hydrogens is 282 g/mol. The summed E-state index contributed by atoms with van der Waals surface area (Å²) in [6.45, 7) is 0. The molecular formula is C20H19N3. The van der Waals surface area contributed by atoms with Crippen molar-refractivity contribution >= 4 is 0 Å². The molecule has 114 valence electrons. The minimum absolute atomic E-state index is 0.741. The van der Waals surface area contributed by atoms with Gasteiger partial charge in [0.1, 0.15) is 0 Å². The van der Waals surface area contributed by atoms with Crippen LogP contribution in [0.15, 0.2) is 54.6 Å². The third-order valence-corrected chi connectivity index (χ3v) is 4.42. The van der Waals surface area contributed by atoms with Crippen LogP contribution in [-0.4, -0.2) is 15.2 Å². The molecule has 23 heavy (non-hydrogen) atoms. The summed E-state index contributed by atoms with van der Waals surface area (Å²) in [5, 5.41) is 8.91. The average Bonchev–Trinajstić information content (AvgIpc) is 2.87. The Labute approximate surface area is 136 Å². The summed E-state index contributed by atoms with van der Waals surface area (Å²) in [5.74, 6) is 0.741. The Morgan fingerprint density at radius 3 is 2.13 bits per heavy atom. The number of aryl methyl sites for hydroxylation is 2. The second kappa shape index (κ2) is 6.29. The lowest BCUT2D eigenvalue weighted by atomic mass is 9.99. The third-order valence-electron chi connectivity index (χ3n) is 4.42. The van der Waals surface area contributed by atoms with E-state index in [1.165, 1.54) is 24.8 Å². The van der Waals surface area contributed by atoms with Crippen molar-refractivity contribution in [2.75, 3.05) is 0 Å². The van der Waals surface area contributed by atoms with Crippen molar-refractivity contribution in [1.82, 2.24) is 15.2 Å². The van der Waals surface area contributed by atoms with E-state index in [2.05, 4.69) is 52.7 Å². The van der Waals surface area contributed by atoms with Crippen molar-refractivity contribution in [2.45, 2.75) is 32.1 Å². The van der Waals surface area contributed by atoms with Crippen LogP contribution in [0.4, 0.5) is 0 Å². The highest BCUT2D eigenvalue weighted by molar-refractivity contribution is 5.80. The lowest BCUT2D eigenvalue weighted by Gasteiger charge is -2.10. The van der Waals surface area contributed by atoms with Crippen molar-refractivity contribution < 1.29 is 0 Å². The first-order valence-corrected chi connectivity index (χ1v) is 8.29. The fourth-order valence-corrected chi connectivity index (χ4v) is 3.20. The van der Waals surface area contributed by atoms with E-state index in [0.29, 0.717) is 0 Å². The first-order chi connectivity index (χ1) is 11.4. The number of rotatable bonds is 2. The van der Waals surface area contributed by atoms with Gasteiger partial charge in [-0.15, -0.1) is 5.10 Å². The first kappa shape index (κ1) is 14.1. The van der Waals surface area contributed by atoms with E-state index in [4.69, 9.17) is 4.98 Å². The second-order valence-electron chi connectivity index (χ2n) is 6.00. The maximum Gasteiger partial charge on any atom is 0.182 e. The Morgan fingerprint density at radius 2 is 1.30 bits per heavy atom. The van der Waals surface area contributed by atoms with Gasteiger partial charge < -0.3 is 0 Å². The Kier molecular flexibility index (Phi) is 3.85. The largest absolute Gasteiger partial charge is 0.230 e. The number of nitrogens with zero attached hydrogens (tertiary/aromatic N) is 3. The van der Waals surface area contributed by atoms with Gasteiger partial charge in [0.15, 0.2) is 5.82 Å². The normalized spacial score (nSPS) is 14.1. The Morgan fingerprint density at radius 1 is 0.609 bits per heavy atom. The van der Waals surface area contributed by atoms with E-state index in [1.54, 1.807) is 0 Å². The number of benzene rings is 2. The highest BCUT2D eigenvalue weighted by Gasteiger charge is 2.15. The van der Waals surface area contributed by atoms with Gasteiger partial charge in [-0.1, -0.05) is 61.0 Å². The molecule has 2 aromatic carbocycles. The SMILES string of the molecule is c1ccc(-c2ccccc2-c2nnc3c(n2)CCCCC3)cc1. The quantitative estimate of drug-likeness (QED) is 0.655. The van der Waals surface area contributed by atoms with Crippen molar-refractivity contribution in [3.05, 3.63) is 66.0 Å². The van der Waals surface area contributed by atoms with Crippen LogP contribution >= 0.6 is 0 Å². The van der Waals surface area contributed by atoms with Crippen LogP contribution in [0.3, 0.4) is 0 Å². The summed E-state index contributed by atoms with van der Waals surface area (Å²) in [4.78, 5) is 4.86. The van der Waals surface area contributed by atoms with Gasteiger partial charge in [-0.25, -0.2) is 4.98 Å². The summed E-state index contributed by atoms with van der Waals surface area (Å²) in [6.07, 6.45) is 5.68. The molecule has 0 amide bonds. The van der Waals surface area contributed by atoms with E-state index >= 15 is 0 Å². The van der Waals surface area contributed by atoms with Crippen LogP contribution in [0, 0.1) is 0 Å². The Hall–Kier alpha value is -2.55. The molecule has 3 nitrogen and oxygen atoms in total. The predicted molar refractivity (Wildman–Crippen MR) is 92.0 cm³/mol. The smallest absolute Gasteiger partial charge is 0.182 e. The molecule has 0 saturated carbocycles. The maximum atomic E-state index is 4.86. The minimum atomic E-state index is 0.741. The molecule has 0 radical (unpaired) electrons. The molecule has 0 N–H and O–H groups in total. The Bertz CT molecular complexity index is 812. The number of fused-ring (bicyclic) bond motifs is 1. The molecule has 0 fully saturated rings. The zero-order chi connectivity index (χ0) is 15.5. The average molecular weight is 301 g/mol. The molecule has 0 spiro atoms. The lowest BCUT2D eigenvalue weighted by Crippen LogP contribution is -2.04. The van der Waals surface area contributed by atoms with Gasteiger partial charge in [0.2, 0.25) is 0 Å². The predicted octanol–water partition coefficient (Wildman–Crippen LogP) is 4.47. The van der Waals surface area contributed by atoms with Crippen LogP contribution in [0.1, 0.15) is 30.7 Å². The lowest BCUT2D eigenvalue weighted by molar-refractivity contribution is 0.705. The topological polar surface area (TPSA) is 38.7 Å². The molecule has 1 aliphatic rings. The molecule has 4 rings (SSSR count). The van der Waals surface area contributed by atoms with E-state index in [0.717, 1.165) is 41.2 Å². The van der Waals surface area contributed by atoms with Crippen molar-refractivity contribution in [1.29, 1.82) is 0 Å². The van der Waals surface area contributed by atoms with Crippen molar-refractivity contribution in [2.24, 2.45) is 0 Å². The van der Waals surface area contributed by atoms with E-state index in [1.807, 2.05) is 12.1 Å². The second-order valence-corrected chi connectivity index (χ2v) is 6.00. The summed E-state index contributed by atoms with van der Waals surface area (Å²) in [7, 11) is 0. The summed E-state index contributed by atoms with van der Waals surface area (Å²) in [6, 6.07) is 18.7. The van der Waals surface area contributed by atoms with Gasteiger partial charge in [-0.3, -0.25) is 0 Å². The molecule has 3 heteroatoms. The molecule has 1 aliphatic carbocycles. The summed E-state index contributed by atoms with van der Waals surface area (Å²) < 4.78 is 0. The summed E-state index contributed by atoms with van der Waals surface area (Å²) in [5.41, 5.74) is 5.61. The zero-order valence-electron chi connectivity index (χ0n) is 13.1. The fourth-order valence-electron chi connectivity index (χ4n) is 3.20. The number of aromatic nitrogens is 3. The summed E-state index contributed by atoms with van der Waals surface area (Å²) >= 11 is 0. The highest BCUT2D eigenvalue weighted by atomic mass is 15.2. The number of hydrogen-bond donors (Lipinski definition) is 0. The van der Waals surface area contributed by atoms with Gasteiger partial charge in [0.25, 0.3) is 0 Å². The van der Waals surface area contributed by atoms with E-state index < -0.39 is 0 Å². The fraction of sp³-hybridized carbons (Fsp3) is 0.250. The first-order valence-electron chi connectivity index (χ1n) is 8.29. The third kappa shape index (κ3) is 2.87. The van der Waals surface area contributed by atoms with Gasteiger partial charge in [0.05, 0.1) is 11.4 Å². The molecule has 0 aliphatic heterocycles. The van der Waals surface area contributed by atoms with Crippen molar-refractivity contribution in [3.63, 3.8) is 0 Å². The minimum Gasteiger partial charge on any atom is -0.230 e. The van der Waals surface area contributed by atoms with Gasteiger partial charge in [-0.05, 0) is 36.8 Å². The molecule has 0 unspecified atom stereocenters. The van der Waals surface area contributed by atoms with E-state index in [-0.39, 0.29) is 0 Å². The standard InChI is InChI=1S/C20H19N3/c1-3-9-15(10-4-1)16-11-7-8-12-17(16)20-21-18-13-5-2-6-14-19(18)22-23-20/h1,3-4,7-12H,2,5-6,13-14H2. The van der Waals surface area contributed by atoms with E-state index in [9.17, 15) is 0 Å². The molecule has 0 bridgehead atoms. The van der Waals surface area contributed by atoms with Gasteiger partial charge in [-0.2, -0.15) is 5.10 Å². The molecule has 1 aromatic heterocycles. The molecule has 0 atom stereocenters. The monoisotopic (exact) mass is 301 g/mol. The maximum absolute atomic E-state index is 4.86. The number of hydrogen-bond acceptors (Lipinski definition) is 3.